The van der Waals surface area contributed by atoms with Gasteiger partial charge in [-0.3, -0.25) is 4.79 Å². The van der Waals surface area contributed by atoms with Crippen LogP contribution in [0.2, 0.25) is 0 Å². The Balaban J connectivity index is 1.22. The maximum atomic E-state index is 13.1. The third kappa shape index (κ3) is 4.74. The quantitative estimate of drug-likeness (QED) is 0.748. The zero-order valence-corrected chi connectivity index (χ0v) is 18.8. The first-order valence-electron chi connectivity index (χ1n) is 12.5. The minimum atomic E-state index is 0.233. The van der Waals surface area contributed by atoms with Crippen LogP contribution in [0.25, 0.3) is 11.0 Å². The molecule has 0 N–H and O–H groups in total. The van der Waals surface area contributed by atoms with Gasteiger partial charge in [-0.05, 0) is 69.8 Å². The molecule has 1 amide bonds. The number of piperidine rings is 2. The average Bonchev–Trinajstić information content (AvgIpc) is 3.03. The maximum absolute atomic E-state index is 13.1. The highest BCUT2D eigenvalue weighted by Gasteiger charge is 2.27. The van der Waals surface area contributed by atoms with E-state index >= 15 is 0 Å². The first-order valence-corrected chi connectivity index (χ1v) is 12.5. The topological polar surface area (TPSA) is 44.6 Å². The second-order valence-electron chi connectivity index (χ2n) is 9.64. The van der Waals surface area contributed by atoms with Crippen molar-refractivity contribution in [2.75, 3.05) is 44.2 Å². The van der Waals surface area contributed by atoms with Crippen molar-refractivity contribution in [3.63, 3.8) is 0 Å². The molecule has 2 aromatic rings. The van der Waals surface area contributed by atoms with E-state index in [9.17, 15) is 4.79 Å². The van der Waals surface area contributed by atoms with E-state index in [0.29, 0.717) is 12.6 Å². The van der Waals surface area contributed by atoms with E-state index in [1.54, 1.807) is 0 Å². The molecule has 6 nitrogen and oxygen atoms in total. The minimum Gasteiger partial charge on any atom is -0.357 e. The summed E-state index contributed by atoms with van der Waals surface area (Å²) in [7, 11) is 0. The molecule has 0 aliphatic carbocycles. The predicted octanol–water partition coefficient (Wildman–Crippen LogP) is 3.89. The van der Waals surface area contributed by atoms with Crippen LogP contribution in [0.3, 0.4) is 0 Å². The smallest absolute Gasteiger partial charge is 0.242 e. The third-order valence-corrected chi connectivity index (χ3v) is 7.56. The zero-order valence-electron chi connectivity index (χ0n) is 18.8. The highest BCUT2D eigenvalue weighted by Crippen LogP contribution is 2.24. The number of amides is 1. The van der Waals surface area contributed by atoms with E-state index in [-0.39, 0.29) is 5.91 Å². The number of carbonyl (C=O) groups is 1. The van der Waals surface area contributed by atoms with Crippen molar-refractivity contribution in [3.05, 3.63) is 24.4 Å². The van der Waals surface area contributed by atoms with Crippen LogP contribution in [-0.4, -0.2) is 70.6 Å². The van der Waals surface area contributed by atoms with Gasteiger partial charge in [0.15, 0.2) is 0 Å². The molecule has 0 atom stereocenters. The molecule has 3 aliphatic rings. The number of hydrogen-bond donors (Lipinski definition) is 0. The van der Waals surface area contributed by atoms with Crippen LogP contribution < -0.4 is 4.90 Å². The summed E-state index contributed by atoms with van der Waals surface area (Å²) in [5.74, 6) is 1.29. The molecule has 0 unspecified atom stereocenters. The Morgan fingerprint density at radius 2 is 1.52 bits per heavy atom. The molecule has 2 aromatic heterocycles. The Kier molecular flexibility index (Phi) is 6.44. The van der Waals surface area contributed by atoms with E-state index in [1.165, 1.54) is 58.0 Å². The average molecular weight is 424 g/mol. The molecule has 6 heteroatoms. The minimum absolute atomic E-state index is 0.233. The normalized spacial score (nSPS) is 22.1. The number of rotatable bonds is 4. The highest BCUT2D eigenvalue weighted by atomic mass is 16.2. The molecule has 5 heterocycles. The Bertz CT molecular complexity index is 871. The molecule has 3 saturated heterocycles. The molecule has 0 bridgehead atoms. The monoisotopic (exact) mass is 423 g/mol. The third-order valence-electron chi connectivity index (χ3n) is 7.56. The number of hydrogen-bond acceptors (Lipinski definition) is 4. The molecule has 3 aliphatic heterocycles. The molecule has 5 rings (SSSR count). The van der Waals surface area contributed by atoms with Gasteiger partial charge in [0.1, 0.15) is 18.0 Å². The SMILES string of the molecule is O=C(Cn1ccc2ccc(N3CCCCCC3)nc21)N1CCC(N2CCCCC2)CC1. The van der Waals surface area contributed by atoms with Crippen molar-refractivity contribution in [2.24, 2.45) is 0 Å². The number of anilines is 1. The number of likely N-dealkylation sites (tertiary alicyclic amines) is 2. The number of aromatic nitrogens is 2. The Hall–Kier alpha value is -2.08. The van der Waals surface area contributed by atoms with Crippen LogP contribution in [0.1, 0.15) is 57.8 Å². The van der Waals surface area contributed by atoms with Crippen molar-refractivity contribution in [1.29, 1.82) is 0 Å². The van der Waals surface area contributed by atoms with Crippen LogP contribution in [-0.2, 0) is 11.3 Å². The van der Waals surface area contributed by atoms with E-state index in [2.05, 4.69) is 37.5 Å². The van der Waals surface area contributed by atoms with Crippen LogP contribution in [0.4, 0.5) is 5.82 Å². The van der Waals surface area contributed by atoms with Crippen LogP contribution in [0.15, 0.2) is 24.4 Å². The van der Waals surface area contributed by atoms with Crippen molar-refractivity contribution < 1.29 is 4.79 Å². The standard InChI is InChI=1S/C25H37N5O/c31-24(29-18-11-22(12-19-29)27-13-6-3-7-14-27)20-30-17-10-21-8-9-23(26-25(21)30)28-15-4-1-2-5-16-28/h8-10,17,22H,1-7,11-16,18-20H2. The first kappa shape index (κ1) is 20.8. The van der Waals surface area contributed by atoms with Gasteiger partial charge >= 0.3 is 0 Å². The number of fused-ring (bicyclic) bond motifs is 1. The van der Waals surface area contributed by atoms with Crippen molar-refractivity contribution >= 4 is 22.8 Å². The van der Waals surface area contributed by atoms with E-state index in [4.69, 9.17) is 4.98 Å². The number of pyridine rings is 1. The summed E-state index contributed by atoms with van der Waals surface area (Å²) in [4.78, 5) is 25.2. The number of nitrogens with zero attached hydrogens (tertiary/aromatic N) is 5. The van der Waals surface area contributed by atoms with Crippen LogP contribution >= 0.6 is 0 Å². The lowest BCUT2D eigenvalue weighted by Crippen LogP contribution is -2.48. The van der Waals surface area contributed by atoms with Gasteiger partial charge in [-0.2, -0.15) is 0 Å². The van der Waals surface area contributed by atoms with Gasteiger partial charge in [-0.15, -0.1) is 0 Å². The van der Waals surface area contributed by atoms with Gasteiger partial charge in [0.05, 0.1) is 0 Å². The molecule has 0 aromatic carbocycles. The summed E-state index contributed by atoms with van der Waals surface area (Å²) in [6.45, 7) is 6.86. The van der Waals surface area contributed by atoms with Gasteiger partial charge in [0, 0.05) is 43.8 Å². The van der Waals surface area contributed by atoms with Gasteiger partial charge < -0.3 is 19.3 Å². The van der Waals surface area contributed by atoms with Gasteiger partial charge in [-0.1, -0.05) is 19.3 Å². The van der Waals surface area contributed by atoms with Crippen LogP contribution in [0, 0.1) is 0 Å². The second-order valence-corrected chi connectivity index (χ2v) is 9.64. The lowest BCUT2D eigenvalue weighted by Gasteiger charge is -2.40. The fraction of sp³-hybridized carbons (Fsp3) is 0.680. The Morgan fingerprint density at radius 3 is 2.26 bits per heavy atom. The fourth-order valence-corrected chi connectivity index (χ4v) is 5.66. The van der Waals surface area contributed by atoms with Crippen molar-refractivity contribution in [2.45, 2.75) is 70.4 Å². The molecule has 0 radical (unpaired) electrons. The summed E-state index contributed by atoms with van der Waals surface area (Å²) in [5, 5.41) is 1.12. The Morgan fingerprint density at radius 1 is 0.839 bits per heavy atom. The molecular formula is C25H37N5O. The van der Waals surface area contributed by atoms with E-state index in [1.807, 2.05) is 6.20 Å². The zero-order chi connectivity index (χ0) is 21.0. The van der Waals surface area contributed by atoms with E-state index in [0.717, 1.165) is 55.9 Å². The summed E-state index contributed by atoms with van der Waals surface area (Å²) in [6.07, 6.45) is 13.5. The lowest BCUT2D eigenvalue weighted by atomic mass is 10.00. The van der Waals surface area contributed by atoms with Crippen LogP contribution in [0.5, 0.6) is 0 Å². The Labute approximate surface area is 186 Å². The van der Waals surface area contributed by atoms with Gasteiger partial charge in [-0.25, -0.2) is 4.98 Å². The maximum Gasteiger partial charge on any atom is 0.242 e. The number of carbonyl (C=O) groups excluding carboxylic acids is 1. The summed E-state index contributed by atoms with van der Waals surface area (Å²) in [5.41, 5.74) is 0.943. The lowest BCUT2D eigenvalue weighted by molar-refractivity contribution is -0.133. The molecule has 31 heavy (non-hydrogen) atoms. The predicted molar refractivity (Wildman–Crippen MR) is 125 cm³/mol. The van der Waals surface area contributed by atoms with Crippen molar-refractivity contribution in [1.82, 2.24) is 19.4 Å². The fourth-order valence-electron chi connectivity index (χ4n) is 5.66. The molecule has 0 saturated carbocycles. The molecule has 0 spiro atoms. The van der Waals surface area contributed by atoms with E-state index < -0.39 is 0 Å². The molecular weight excluding hydrogens is 386 g/mol. The first-order chi connectivity index (χ1) is 15.3. The summed E-state index contributed by atoms with van der Waals surface area (Å²) < 4.78 is 2.05. The molecule has 3 fully saturated rings. The van der Waals surface area contributed by atoms with Gasteiger partial charge in [0.25, 0.3) is 0 Å². The highest BCUT2D eigenvalue weighted by molar-refractivity contribution is 5.82. The molecule has 168 valence electrons. The summed E-state index contributed by atoms with van der Waals surface area (Å²) >= 11 is 0. The van der Waals surface area contributed by atoms with Gasteiger partial charge in [0.2, 0.25) is 5.91 Å². The largest absolute Gasteiger partial charge is 0.357 e. The van der Waals surface area contributed by atoms with Crippen molar-refractivity contribution in [3.8, 4) is 0 Å². The second kappa shape index (κ2) is 9.60. The summed E-state index contributed by atoms with van der Waals surface area (Å²) in [6, 6.07) is 7.07.